The molecule has 0 aliphatic carbocycles. The number of amides is 1. The van der Waals surface area contributed by atoms with Gasteiger partial charge in [0.2, 0.25) is 0 Å². The van der Waals surface area contributed by atoms with Crippen molar-refractivity contribution in [2.75, 3.05) is 6.54 Å². The van der Waals surface area contributed by atoms with Gasteiger partial charge < -0.3 is 4.74 Å². The van der Waals surface area contributed by atoms with Crippen LogP contribution in [0.5, 0.6) is 0 Å². The monoisotopic (exact) mass is 187 g/mol. The van der Waals surface area contributed by atoms with Crippen molar-refractivity contribution in [1.82, 2.24) is 4.90 Å². The molecule has 1 aliphatic heterocycles. The van der Waals surface area contributed by atoms with Gasteiger partial charge in [-0.25, -0.2) is 4.79 Å². The maximum absolute atomic E-state index is 11.1. The van der Waals surface area contributed by atoms with Gasteiger partial charge in [-0.3, -0.25) is 4.90 Å². The first-order valence-electron chi connectivity index (χ1n) is 3.65. The molecule has 0 spiro atoms. The summed E-state index contributed by atoms with van der Waals surface area (Å²) in [6, 6.07) is 0. The Labute approximate surface area is 76.2 Å². The van der Waals surface area contributed by atoms with Gasteiger partial charge in [0, 0.05) is 12.7 Å². The van der Waals surface area contributed by atoms with Crippen LogP contribution in [0.2, 0.25) is 0 Å². The lowest BCUT2D eigenvalue weighted by molar-refractivity contribution is 0.113. The molecule has 0 radical (unpaired) electrons. The first-order chi connectivity index (χ1) is 5.70. The Morgan fingerprint density at radius 2 is 2.42 bits per heavy atom. The molecule has 1 atom stereocenters. The maximum Gasteiger partial charge on any atom is 0.415 e. The first-order valence-corrected chi connectivity index (χ1v) is 4.08. The average Bonchev–Trinajstić information content (AvgIpc) is 2.05. The molecule has 0 aromatic heterocycles. The Morgan fingerprint density at radius 1 is 1.67 bits per heavy atom. The molecule has 0 saturated carbocycles. The number of allylic oxidation sites excluding steroid dienone is 2. The highest BCUT2D eigenvalue weighted by molar-refractivity contribution is 6.19. The zero-order valence-corrected chi connectivity index (χ0v) is 7.49. The smallest absolute Gasteiger partial charge is 0.415 e. The van der Waals surface area contributed by atoms with E-state index in [1.807, 2.05) is 12.2 Å². The van der Waals surface area contributed by atoms with Gasteiger partial charge >= 0.3 is 6.09 Å². The van der Waals surface area contributed by atoms with E-state index in [1.54, 1.807) is 19.2 Å². The van der Waals surface area contributed by atoms with Crippen molar-refractivity contribution in [3.63, 3.8) is 0 Å². The molecule has 1 unspecified atom stereocenters. The van der Waals surface area contributed by atoms with Crippen molar-refractivity contribution in [1.29, 1.82) is 0 Å². The summed E-state index contributed by atoms with van der Waals surface area (Å²) in [5.41, 5.74) is -0.586. The van der Waals surface area contributed by atoms with Crippen LogP contribution >= 0.6 is 11.6 Å². The summed E-state index contributed by atoms with van der Waals surface area (Å²) in [6.07, 6.45) is 6.73. The third-order valence-corrected chi connectivity index (χ3v) is 1.40. The number of rotatable bonds is 1. The van der Waals surface area contributed by atoms with E-state index >= 15 is 0 Å². The van der Waals surface area contributed by atoms with Crippen molar-refractivity contribution >= 4 is 17.7 Å². The average molecular weight is 188 g/mol. The van der Waals surface area contributed by atoms with Crippen LogP contribution in [0.4, 0.5) is 4.79 Å². The summed E-state index contributed by atoms with van der Waals surface area (Å²) in [6.45, 7) is 2.14. The highest BCUT2D eigenvalue weighted by Crippen LogP contribution is 2.05. The third kappa shape index (κ3) is 2.58. The number of carbonyl (C=O) groups excluding carboxylic acids is 1. The van der Waals surface area contributed by atoms with Crippen molar-refractivity contribution in [3.05, 3.63) is 24.4 Å². The Morgan fingerprint density at radius 3 is 2.92 bits per heavy atom. The molecule has 1 amide bonds. The fraction of sp³-hybridized carbons (Fsp3) is 0.375. The van der Waals surface area contributed by atoms with Crippen molar-refractivity contribution in [2.24, 2.45) is 0 Å². The van der Waals surface area contributed by atoms with Crippen LogP contribution in [-0.2, 0) is 4.74 Å². The fourth-order valence-corrected chi connectivity index (χ4v) is 0.886. The SMILES string of the molecule is CC(Cl)OC(=O)N1C=CC=CC1. The second kappa shape index (κ2) is 4.16. The van der Waals surface area contributed by atoms with Gasteiger partial charge in [0.05, 0.1) is 0 Å². The summed E-state index contributed by atoms with van der Waals surface area (Å²) in [5.74, 6) is 0. The van der Waals surface area contributed by atoms with Crippen molar-refractivity contribution < 1.29 is 9.53 Å². The standard InChI is InChI=1S/C8H10ClNO2/c1-7(9)12-8(11)10-5-3-2-4-6-10/h2-5,7H,6H2,1H3. The number of ether oxygens (including phenoxy) is 1. The van der Waals surface area contributed by atoms with Crippen LogP contribution in [-0.4, -0.2) is 23.1 Å². The lowest BCUT2D eigenvalue weighted by Crippen LogP contribution is -2.29. The second-order valence-electron chi connectivity index (χ2n) is 2.35. The second-order valence-corrected chi connectivity index (χ2v) is 2.96. The molecular weight excluding hydrogens is 178 g/mol. The Kier molecular flexibility index (Phi) is 3.17. The van der Waals surface area contributed by atoms with Crippen LogP contribution in [0.1, 0.15) is 6.92 Å². The number of halogens is 1. The normalized spacial score (nSPS) is 17.7. The molecule has 0 aromatic carbocycles. The molecule has 66 valence electrons. The van der Waals surface area contributed by atoms with Crippen LogP contribution in [0.3, 0.4) is 0 Å². The third-order valence-electron chi connectivity index (χ3n) is 1.31. The van der Waals surface area contributed by atoms with Gasteiger partial charge in [0.25, 0.3) is 0 Å². The predicted molar refractivity (Wildman–Crippen MR) is 46.8 cm³/mol. The number of nitrogens with zero attached hydrogens (tertiary/aromatic N) is 1. The summed E-state index contributed by atoms with van der Waals surface area (Å²) in [5, 5.41) is 0. The van der Waals surface area contributed by atoms with E-state index in [0.717, 1.165) is 0 Å². The molecule has 1 aliphatic rings. The van der Waals surface area contributed by atoms with Crippen LogP contribution < -0.4 is 0 Å². The molecule has 1 rings (SSSR count). The molecule has 0 saturated heterocycles. The van der Waals surface area contributed by atoms with E-state index in [1.165, 1.54) is 4.90 Å². The number of alkyl halides is 1. The van der Waals surface area contributed by atoms with Crippen LogP contribution in [0, 0.1) is 0 Å². The summed E-state index contributed by atoms with van der Waals surface area (Å²) in [4.78, 5) is 12.6. The Balaban J connectivity index is 2.42. The molecule has 12 heavy (non-hydrogen) atoms. The maximum atomic E-state index is 11.1. The van der Waals surface area contributed by atoms with E-state index in [9.17, 15) is 4.79 Å². The highest BCUT2D eigenvalue weighted by Gasteiger charge is 2.13. The van der Waals surface area contributed by atoms with Crippen molar-refractivity contribution in [2.45, 2.75) is 12.5 Å². The van der Waals surface area contributed by atoms with Crippen molar-refractivity contribution in [3.8, 4) is 0 Å². The zero-order valence-electron chi connectivity index (χ0n) is 6.74. The summed E-state index contributed by atoms with van der Waals surface area (Å²) < 4.78 is 4.76. The fourth-order valence-electron chi connectivity index (χ4n) is 0.809. The predicted octanol–water partition coefficient (Wildman–Crippen LogP) is 2.09. The summed E-state index contributed by atoms with van der Waals surface area (Å²) >= 11 is 5.48. The summed E-state index contributed by atoms with van der Waals surface area (Å²) in [7, 11) is 0. The van der Waals surface area contributed by atoms with E-state index in [4.69, 9.17) is 16.3 Å². The lowest BCUT2D eigenvalue weighted by atomic mass is 10.4. The minimum atomic E-state index is -0.586. The molecule has 0 N–H and O–H groups in total. The quantitative estimate of drug-likeness (QED) is 0.589. The molecule has 0 bridgehead atoms. The molecule has 3 nitrogen and oxygen atoms in total. The molecule has 0 aromatic rings. The van der Waals surface area contributed by atoms with Gasteiger partial charge in [-0.15, -0.1) is 0 Å². The largest absolute Gasteiger partial charge is 0.430 e. The van der Waals surface area contributed by atoms with Gasteiger partial charge in [0.15, 0.2) is 5.56 Å². The van der Waals surface area contributed by atoms with Crippen LogP contribution in [0.15, 0.2) is 24.4 Å². The zero-order chi connectivity index (χ0) is 8.97. The molecule has 1 heterocycles. The van der Waals surface area contributed by atoms with Gasteiger partial charge in [-0.1, -0.05) is 23.8 Å². The number of hydrogen-bond donors (Lipinski definition) is 0. The first kappa shape index (κ1) is 9.13. The Bertz CT molecular complexity index is 223. The Hall–Kier alpha value is -0.960. The van der Waals surface area contributed by atoms with Gasteiger partial charge in [-0.2, -0.15) is 0 Å². The van der Waals surface area contributed by atoms with E-state index in [-0.39, 0.29) is 0 Å². The topological polar surface area (TPSA) is 29.5 Å². The van der Waals surface area contributed by atoms with Crippen LogP contribution in [0.25, 0.3) is 0 Å². The van der Waals surface area contributed by atoms with E-state index in [2.05, 4.69) is 0 Å². The van der Waals surface area contributed by atoms with Gasteiger partial charge in [-0.05, 0) is 13.0 Å². The molecular formula is C8H10ClNO2. The number of carbonyl (C=O) groups is 1. The minimum absolute atomic E-state index is 0.418. The number of hydrogen-bond acceptors (Lipinski definition) is 2. The lowest BCUT2D eigenvalue weighted by Gasteiger charge is -2.18. The highest BCUT2D eigenvalue weighted by atomic mass is 35.5. The minimum Gasteiger partial charge on any atom is -0.430 e. The van der Waals surface area contributed by atoms with E-state index in [0.29, 0.717) is 6.54 Å². The van der Waals surface area contributed by atoms with Gasteiger partial charge in [0.1, 0.15) is 0 Å². The molecule has 4 heteroatoms. The van der Waals surface area contributed by atoms with E-state index < -0.39 is 11.7 Å². The molecule has 0 fully saturated rings.